The Kier molecular flexibility index (Phi) is 5.80. The van der Waals surface area contributed by atoms with Crippen molar-refractivity contribution in [3.63, 3.8) is 0 Å². The van der Waals surface area contributed by atoms with Crippen LogP contribution in [0, 0.1) is 6.92 Å². The molecule has 4 nitrogen and oxygen atoms in total. The molecule has 0 atom stereocenters. The van der Waals surface area contributed by atoms with Gasteiger partial charge in [-0.25, -0.2) is 0 Å². The van der Waals surface area contributed by atoms with E-state index >= 15 is 0 Å². The van der Waals surface area contributed by atoms with E-state index in [2.05, 4.69) is 5.32 Å². The van der Waals surface area contributed by atoms with Crippen LogP contribution in [0.5, 0.6) is 5.75 Å². The molecule has 0 aromatic heterocycles. The first-order chi connectivity index (χ1) is 8.15. The summed E-state index contributed by atoms with van der Waals surface area (Å²) in [5, 5.41) is 12.1. The highest BCUT2D eigenvalue weighted by Gasteiger charge is 2.06. The van der Waals surface area contributed by atoms with Crippen LogP contribution in [0.4, 0.5) is 0 Å². The molecule has 0 spiro atoms. The number of hydrogen-bond donors (Lipinski definition) is 2. The van der Waals surface area contributed by atoms with Gasteiger partial charge in [0.2, 0.25) is 0 Å². The van der Waals surface area contributed by atoms with Gasteiger partial charge in [-0.05, 0) is 30.7 Å². The van der Waals surface area contributed by atoms with Crippen molar-refractivity contribution >= 4 is 17.5 Å². The number of amides is 1. The molecule has 0 radical (unpaired) electrons. The lowest BCUT2D eigenvalue weighted by Gasteiger charge is -2.06. The number of aryl methyl sites for hydroxylation is 1. The molecule has 94 valence electrons. The van der Waals surface area contributed by atoms with Gasteiger partial charge < -0.3 is 15.2 Å². The summed E-state index contributed by atoms with van der Waals surface area (Å²) in [6, 6.07) is 4.73. The molecule has 0 aliphatic carbocycles. The van der Waals surface area contributed by atoms with Gasteiger partial charge in [0.1, 0.15) is 5.75 Å². The molecule has 0 aliphatic rings. The normalized spacial score (nSPS) is 10.2. The average Bonchev–Trinajstić information content (AvgIpc) is 2.32. The number of benzene rings is 1. The number of phenols is 1. The standard InChI is InChI=1S/C12H16ClNO3/c1-9-8-10(2-3-11(9)15)12(16)14-5-7-17-6-4-13/h2-3,8,15H,4-7H2,1H3,(H,14,16). The van der Waals surface area contributed by atoms with Crippen molar-refractivity contribution in [1.29, 1.82) is 0 Å². The van der Waals surface area contributed by atoms with E-state index in [-0.39, 0.29) is 11.7 Å². The maximum atomic E-state index is 11.7. The molecule has 1 aromatic carbocycles. The fraction of sp³-hybridized carbons (Fsp3) is 0.417. The van der Waals surface area contributed by atoms with Crippen LogP contribution in [0.3, 0.4) is 0 Å². The topological polar surface area (TPSA) is 58.6 Å². The number of aromatic hydroxyl groups is 1. The van der Waals surface area contributed by atoms with Crippen molar-refractivity contribution in [2.24, 2.45) is 0 Å². The van der Waals surface area contributed by atoms with Gasteiger partial charge >= 0.3 is 0 Å². The van der Waals surface area contributed by atoms with Crippen LogP contribution in [0.2, 0.25) is 0 Å². The number of hydrogen-bond acceptors (Lipinski definition) is 3. The molecule has 1 amide bonds. The Morgan fingerprint density at radius 2 is 2.24 bits per heavy atom. The monoisotopic (exact) mass is 257 g/mol. The van der Waals surface area contributed by atoms with Gasteiger partial charge in [-0.15, -0.1) is 11.6 Å². The van der Waals surface area contributed by atoms with Crippen molar-refractivity contribution in [3.8, 4) is 5.75 Å². The Labute approximate surface area is 106 Å². The van der Waals surface area contributed by atoms with Crippen LogP contribution >= 0.6 is 11.6 Å². The number of rotatable bonds is 6. The minimum atomic E-state index is -0.178. The molecule has 0 unspecified atom stereocenters. The minimum Gasteiger partial charge on any atom is -0.508 e. The molecular formula is C12H16ClNO3. The first-order valence-corrected chi connectivity index (χ1v) is 5.90. The quantitative estimate of drug-likeness (QED) is 0.602. The molecule has 1 aromatic rings. The van der Waals surface area contributed by atoms with Crippen LogP contribution in [0.1, 0.15) is 15.9 Å². The van der Waals surface area contributed by atoms with E-state index in [0.29, 0.717) is 36.8 Å². The van der Waals surface area contributed by atoms with Crippen molar-refractivity contribution in [2.45, 2.75) is 6.92 Å². The van der Waals surface area contributed by atoms with E-state index < -0.39 is 0 Å². The Morgan fingerprint density at radius 3 is 2.88 bits per heavy atom. The lowest BCUT2D eigenvalue weighted by Crippen LogP contribution is -2.27. The van der Waals surface area contributed by atoms with Crippen LogP contribution < -0.4 is 5.32 Å². The Bertz CT molecular complexity index is 382. The van der Waals surface area contributed by atoms with Gasteiger partial charge in [0.25, 0.3) is 5.91 Å². The van der Waals surface area contributed by atoms with Crippen molar-refractivity contribution in [1.82, 2.24) is 5.32 Å². The second-order valence-electron chi connectivity index (χ2n) is 3.56. The van der Waals surface area contributed by atoms with Crippen molar-refractivity contribution in [2.75, 3.05) is 25.6 Å². The van der Waals surface area contributed by atoms with Crippen LogP contribution in [-0.4, -0.2) is 36.7 Å². The van der Waals surface area contributed by atoms with Crippen molar-refractivity contribution < 1.29 is 14.6 Å². The Morgan fingerprint density at radius 1 is 1.47 bits per heavy atom. The summed E-state index contributed by atoms with van der Waals surface area (Å²) in [7, 11) is 0. The van der Waals surface area contributed by atoms with Gasteiger partial charge in [0.05, 0.1) is 13.2 Å². The summed E-state index contributed by atoms with van der Waals surface area (Å²) >= 11 is 5.44. The molecular weight excluding hydrogens is 242 g/mol. The molecule has 0 heterocycles. The highest BCUT2D eigenvalue weighted by Crippen LogP contribution is 2.16. The third kappa shape index (κ3) is 4.63. The Balaban J connectivity index is 2.39. The summed E-state index contributed by atoms with van der Waals surface area (Å²) in [5.41, 5.74) is 1.20. The molecule has 0 saturated heterocycles. The summed E-state index contributed by atoms with van der Waals surface area (Å²) < 4.78 is 5.13. The SMILES string of the molecule is Cc1cc(C(=O)NCCOCCCl)ccc1O. The lowest BCUT2D eigenvalue weighted by atomic mass is 10.1. The number of carbonyl (C=O) groups excluding carboxylic acids is 1. The first kappa shape index (κ1) is 13.8. The summed E-state index contributed by atoms with van der Waals surface area (Å²) in [6.45, 7) is 3.11. The highest BCUT2D eigenvalue weighted by molar-refractivity contribution is 6.17. The van der Waals surface area contributed by atoms with E-state index in [1.165, 1.54) is 6.07 Å². The number of nitrogens with one attached hydrogen (secondary N) is 1. The lowest BCUT2D eigenvalue weighted by molar-refractivity contribution is 0.0923. The summed E-state index contributed by atoms with van der Waals surface area (Å²) in [6.07, 6.45) is 0. The number of alkyl halides is 1. The van der Waals surface area contributed by atoms with E-state index in [4.69, 9.17) is 16.3 Å². The van der Waals surface area contributed by atoms with Crippen LogP contribution in [0.15, 0.2) is 18.2 Å². The molecule has 2 N–H and O–H groups in total. The van der Waals surface area contributed by atoms with E-state index in [1.54, 1.807) is 19.1 Å². The predicted molar refractivity (Wildman–Crippen MR) is 66.7 cm³/mol. The average molecular weight is 258 g/mol. The molecule has 5 heteroatoms. The second-order valence-corrected chi connectivity index (χ2v) is 3.94. The van der Waals surface area contributed by atoms with Gasteiger partial charge in [0, 0.05) is 18.0 Å². The molecule has 0 bridgehead atoms. The zero-order valence-corrected chi connectivity index (χ0v) is 10.5. The van der Waals surface area contributed by atoms with Gasteiger partial charge in [0.15, 0.2) is 0 Å². The van der Waals surface area contributed by atoms with E-state index in [9.17, 15) is 9.90 Å². The maximum Gasteiger partial charge on any atom is 0.251 e. The van der Waals surface area contributed by atoms with Gasteiger partial charge in [-0.2, -0.15) is 0 Å². The highest BCUT2D eigenvalue weighted by atomic mass is 35.5. The van der Waals surface area contributed by atoms with E-state index in [1.807, 2.05) is 0 Å². The third-order valence-corrected chi connectivity index (χ3v) is 2.37. The third-order valence-electron chi connectivity index (χ3n) is 2.21. The Hall–Kier alpha value is -1.26. The molecule has 0 saturated carbocycles. The summed E-state index contributed by atoms with van der Waals surface area (Å²) in [4.78, 5) is 11.7. The minimum absolute atomic E-state index is 0.178. The predicted octanol–water partition coefficient (Wildman–Crippen LogP) is 1.69. The van der Waals surface area contributed by atoms with E-state index in [0.717, 1.165) is 0 Å². The number of phenolic OH excluding ortho intramolecular Hbond substituents is 1. The zero-order valence-electron chi connectivity index (χ0n) is 9.70. The molecule has 1 rings (SSSR count). The molecule has 0 aliphatic heterocycles. The maximum absolute atomic E-state index is 11.7. The second kappa shape index (κ2) is 7.14. The summed E-state index contributed by atoms with van der Waals surface area (Å²) in [5.74, 6) is 0.458. The van der Waals surface area contributed by atoms with Gasteiger partial charge in [-0.3, -0.25) is 4.79 Å². The number of ether oxygens (including phenoxy) is 1. The number of halogens is 1. The van der Waals surface area contributed by atoms with Crippen LogP contribution in [-0.2, 0) is 4.74 Å². The zero-order chi connectivity index (χ0) is 12.7. The number of carbonyl (C=O) groups is 1. The fourth-order valence-corrected chi connectivity index (χ4v) is 1.40. The largest absolute Gasteiger partial charge is 0.508 e. The fourth-order valence-electron chi connectivity index (χ4n) is 1.29. The molecule has 0 fully saturated rings. The smallest absolute Gasteiger partial charge is 0.251 e. The van der Waals surface area contributed by atoms with Crippen molar-refractivity contribution in [3.05, 3.63) is 29.3 Å². The van der Waals surface area contributed by atoms with Crippen LogP contribution in [0.25, 0.3) is 0 Å². The molecule has 17 heavy (non-hydrogen) atoms. The van der Waals surface area contributed by atoms with Gasteiger partial charge in [-0.1, -0.05) is 0 Å². The first-order valence-electron chi connectivity index (χ1n) is 5.36.